The summed E-state index contributed by atoms with van der Waals surface area (Å²) in [5.41, 5.74) is 1.69. The summed E-state index contributed by atoms with van der Waals surface area (Å²) in [6.45, 7) is 1.84. The van der Waals surface area contributed by atoms with Gasteiger partial charge in [-0.25, -0.2) is 4.98 Å². The maximum absolute atomic E-state index is 12.7. The van der Waals surface area contributed by atoms with Crippen molar-refractivity contribution in [1.82, 2.24) is 19.4 Å². The molecule has 0 radical (unpaired) electrons. The van der Waals surface area contributed by atoms with E-state index in [0.717, 1.165) is 14.9 Å². The van der Waals surface area contributed by atoms with Crippen molar-refractivity contribution < 1.29 is 5.11 Å². The van der Waals surface area contributed by atoms with Gasteiger partial charge in [0.1, 0.15) is 0 Å². The van der Waals surface area contributed by atoms with E-state index in [0.29, 0.717) is 28.5 Å². The number of nitrogens with zero attached hydrogens (tertiary/aromatic N) is 4. The summed E-state index contributed by atoms with van der Waals surface area (Å²) in [6, 6.07) is 8.90. The van der Waals surface area contributed by atoms with Gasteiger partial charge >= 0.3 is 0 Å². The van der Waals surface area contributed by atoms with Gasteiger partial charge in [0.25, 0.3) is 5.56 Å². The van der Waals surface area contributed by atoms with Gasteiger partial charge in [-0.05, 0) is 30.5 Å². The third-order valence-electron chi connectivity index (χ3n) is 3.75. The van der Waals surface area contributed by atoms with Crippen molar-refractivity contribution in [3.8, 4) is 22.3 Å². The molecule has 2 aliphatic heterocycles. The summed E-state index contributed by atoms with van der Waals surface area (Å²) in [7, 11) is 0. The SMILES string of the molecule is CCc1c2c(=O)n(-c3nc4ccccc4s3)nc-2cc([O-])n1N. The topological polar surface area (TPSA) is 102 Å². The molecule has 116 valence electrons. The Morgan fingerprint density at radius 1 is 1.35 bits per heavy atom. The van der Waals surface area contributed by atoms with Crippen molar-refractivity contribution in [2.75, 3.05) is 5.84 Å². The first-order valence-corrected chi connectivity index (χ1v) is 7.87. The predicted octanol–water partition coefficient (Wildman–Crippen LogP) is 1.10. The lowest BCUT2D eigenvalue weighted by atomic mass is 10.1. The molecule has 0 atom stereocenters. The molecule has 23 heavy (non-hydrogen) atoms. The summed E-state index contributed by atoms with van der Waals surface area (Å²) in [6.07, 6.45) is 0.462. The van der Waals surface area contributed by atoms with Crippen LogP contribution in [0.2, 0.25) is 0 Å². The normalized spacial score (nSPS) is 11.5. The van der Waals surface area contributed by atoms with Crippen LogP contribution in [0.3, 0.4) is 0 Å². The molecule has 0 spiro atoms. The van der Waals surface area contributed by atoms with E-state index in [2.05, 4.69) is 10.1 Å². The Morgan fingerprint density at radius 3 is 2.87 bits per heavy atom. The number of thiazole rings is 1. The molecule has 1 aromatic heterocycles. The fourth-order valence-electron chi connectivity index (χ4n) is 2.66. The van der Waals surface area contributed by atoms with E-state index in [4.69, 9.17) is 5.84 Å². The van der Waals surface area contributed by atoms with E-state index in [1.165, 1.54) is 22.1 Å². The lowest BCUT2D eigenvalue weighted by molar-refractivity contribution is -0.278. The van der Waals surface area contributed by atoms with E-state index >= 15 is 0 Å². The van der Waals surface area contributed by atoms with Gasteiger partial charge in [0.15, 0.2) is 0 Å². The van der Waals surface area contributed by atoms with Gasteiger partial charge in [-0.2, -0.15) is 9.78 Å². The fraction of sp³-hybridized carbons (Fsp3) is 0.133. The minimum atomic E-state index is -0.386. The van der Waals surface area contributed by atoms with Crippen LogP contribution >= 0.6 is 11.3 Å². The number of benzene rings is 1. The maximum atomic E-state index is 12.7. The highest BCUT2D eigenvalue weighted by Gasteiger charge is 2.22. The first kappa shape index (κ1) is 13.8. The second-order valence-corrected chi connectivity index (χ2v) is 6.10. The van der Waals surface area contributed by atoms with Crippen LogP contribution in [-0.4, -0.2) is 19.4 Å². The van der Waals surface area contributed by atoms with Crippen LogP contribution in [0.15, 0.2) is 35.1 Å². The zero-order valence-corrected chi connectivity index (χ0v) is 13.0. The lowest BCUT2D eigenvalue weighted by Gasteiger charge is -2.18. The van der Waals surface area contributed by atoms with Crippen LogP contribution in [-0.2, 0) is 6.42 Å². The Bertz CT molecular complexity index is 1030. The van der Waals surface area contributed by atoms with Crippen molar-refractivity contribution in [2.24, 2.45) is 0 Å². The molecular formula is C15H12N5O2S-. The van der Waals surface area contributed by atoms with Crippen LogP contribution in [0.25, 0.3) is 26.6 Å². The number of fused-ring (bicyclic) bond motifs is 2. The quantitative estimate of drug-likeness (QED) is 0.556. The summed E-state index contributed by atoms with van der Waals surface area (Å²) in [4.78, 5) is 17.2. The van der Waals surface area contributed by atoms with Crippen molar-refractivity contribution in [3.63, 3.8) is 0 Å². The zero-order chi connectivity index (χ0) is 16.1. The average Bonchev–Trinajstić information content (AvgIpc) is 3.10. The van der Waals surface area contributed by atoms with Crippen LogP contribution in [0.5, 0.6) is 5.88 Å². The molecule has 2 aromatic rings. The molecule has 0 fully saturated rings. The zero-order valence-electron chi connectivity index (χ0n) is 12.2. The van der Waals surface area contributed by atoms with Gasteiger partial charge in [0.05, 0.1) is 27.2 Å². The molecule has 0 unspecified atom stereocenters. The Balaban J connectivity index is 2.03. The molecule has 7 nitrogen and oxygen atoms in total. The summed E-state index contributed by atoms with van der Waals surface area (Å²) in [5.74, 6) is 5.37. The molecule has 2 aliphatic rings. The molecule has 0 bridgehead atoms. The third-order valence-corrected chi connectivity index (χ3v) is 4.76. The lowest BCUT2D eigenvalue weighted by Crippen LogP contribution is -2.23. The molecule has 0 saturated carbocycles. The Hall–Kier alpha value is -2.87. The second kappa shape index (κ2) is 4.82. The van der Waals surface area contributed by atoms with Crippen molar-refractivity contribution in [2.45, 2.75) is 13.3 Å². The van der Waals surface area contributed by atoms with Gasteiger partial charge in [0.2, 0.25) is 5.13 Å². The van der Waals surface area contributed by atoms with E-state index in [1.807, 2.05) is 31.2 Å². The number of rotatable bonds is 2. The predicted molar refractivity (Wildman–Crippen MR) is 86.6 cm³/mol. The minimum absolute atomic E-state index is 0.310. The van der Waals surface area contributed by atoms with E-state index in [1.54, 1.807) is 0 Å². The number of para-hydroxylation sites is 1. The number of nitrogens with two attached hydrogens (primary N) is 1. The summed E-state index contributed by atoms with van der Waals surface area (Å²) >= 11 is 1.37. The Kier molecular flexibility index (Phi) is 2.88. The Labute approximate surface area is 134 Å². The average molecular weight is 326 g/mol. The summed E-state index contributed by atoms with van der Waals surface area (Å²) in [5, 5.41) is 16.6. The molecule has 2 N–H and O–H groups in total. The minimum Gasteiger partial charge on any atom is -0.859 e. The first-order valence-electron chi connectivity index (χ1n) is 7.06. The van der Waals surface area contributed by atoms with Crippen LogP contribution in [0, 0.1) is 0 Å². The van der Waals surface area contributed by atoms with Crippen LogP contribution in [0.1, 0.15) is 12.6 Å². The maximum Gasteiger partial charge on any atom is 0.284 e. The van der Waals surface area contributed by atoms with Crippen LogP contribution < -0.4 is 16.5 Å². The number of hydrogen-bond acceptors (Lipinski definition) is 6. The number of pyridine rings is 1. The molecule has 4 rings (SSSR count). The van der Waals surface area contributed by atoms with Gasteiger partial charge in [-0.1, -0.05) is 30.4 Å². The van der Waals surface area contributed by atoms with Crippen molar-refractivity contribution in [3.05, 3.63) is 46.4 Å². The Morgan fingerprint density at radius 2 is 2.13 bits per heavy atom. The first-order chi connectivity index (χ1) is 11.1. The second-order valence-electron chi connectivity index (χ2n) is 5.09. The largest absolute Gasteiger partial charge is 0.859 e. The van der Waals surface area contributed by atoms with Gasteiger partial charge in [-0.15, -0.1) is 0 Å². The third kappa shape index (κ3) is 1.92. The van der Waals surface area contributed by atoms with Gasteiger partial charge in [0, 0.05) is 0 Å². The molecule has 0 aliphatic carbocycles. The monoisotopic (exact) mass is 326 g/mol. The van der Waals surface area contributed by atoms with E-state index in [9.17, 15) is 9.90 Å². The molecule has 3 heterocycles. The smallest absolute Gasteiger partial charge is 0.284 e. The molecule has 0 amide bonds. The fourth-order valence-corrected chi connectivity index (χ4v) is 3.57. The van der Waals surface area contributed by atoms with E-state index in [-0.39, 0.29) is 11.4 Å². The molecule has 0 saturated heterocycles. The van der Waals surface area contributed by atoms with Gasteiger partial charge in [-0.3, -0.25) is 9.47 Å². The number of hydrogen-bond donors (Lipinski definition) is 1. The van der Waals surface area contributed by atoms with Crippen molar-refractivity contribution in [1.29, 1.82) is 0 Å². The number of aromatic nitrogens is 4. The highest BCUT2D eigenvalue weighted by atomic mass is 32.1. The van der Waals surface area contributed by atoms with Crippen molar-refractivity contribution >= 4 is 21.6 Å². The van der Waals surface area contributed by atoms with Gasteiger partial charge < -0.3 is 10.9 Å². The highest BCUT2D eigenvalue weighted by Crippen LogP contribution is 2.28. The number of nitrogen functional groups attached to an aromatic ring is 1. The molecular weight excluding hydrogens is 314 g/mol. The molecule has 8 heteroatoms. The standard InChI is InChI=1S/C15H13N5O2S/c1-2-10-13-9(7-12(21)19(10)16)18-20(14(13)22)15-17-8-5-3-4-6-11(8)23-15/h3-7,21H,2,16H2,1H3/p-1. The molecule has 1 aromatic carbocycles. The van der Waals surface area contributed by atoms with E-state index < -0.39 is 0 Å². The van der Waals surface area contributed by atoms with Crippen LogP contribution in [0.4, 0.5) is 0 Å². The highest BCUT2D eigenvalue weighted by molar-refractivity contribution is 7.20. The summed E-state index contributed by atoms with van der Waals surface area (Å²) < 4.78 is 3.22.